The zero-order chi connectivity index (χ0) is 33.8. The molecule has 49 heavy (non-hydrogen) atoms. The minimum atomic E-state index is -0.158. The van der Waals surface area contributed by atoms with Gasteiger partial charge < -0.3 is 19.8 Å². The molecule has 0 spiro atoms. The van der Waals surface area contributed by atoms with E-state index in [0.717, 1.165) is 80.5 Å². The molecule has 1 saturated heterocycles. The molecule has 7 heteroatoms. The summed E-state index contributed by atoms with van der Waals surface area (Å²) in [6.07, 6.45) is 21.8. The molecule has 0 aromatic heterocycles. The Balaban J connectivity index is 0.00000325. The first-order chi connectivity index (χ1) is 22.5. The van der Waals surface area contributed by atoms with Gasteiger partial charge in [-0.05, 0) is 111 Å². The maximum absolute atomic E-state index is 12.8. The normalized spacial score (nSPS) is 35.7. The zero-order valence-corrected chi connectivity index (χ0v) is 34.1. The zero-order valence-electron chi connectivity index (χ0n) is 31.3. The number of aliphatic hydroxyl groups is 2. The molecule has 1 amide bonds. The third-order valence-corrected chi connectivity index (χ3v) is 14.4. The summed E-state index contributed by atoms with van der Waals surface area (Å²) >= 11 is 0. The molecular weight excluding hydrogens is 687 g/mol. The van der Waals surface area contributed by atoms with Crippen LogP contribution in [-0.2, 0) is 47.0 Å². The van der Waals surface area contributed by atoms with Gasteiger partial charge >= 0.3 is 5.97 Å². The van der Waals surface area contributed by atoms with Gasteiger partial charge in [-0.25, -0.2) is 0 Å². The molecule has 0 aromatic carbocycles. The number of hydrogen-bond acceptors (Lipinski definition) is 5. The number of likely N-dealkylation sites (tertiary alicyclic amines) is 1. The van der Waals surface area contributed by atoms with Crippen molar-refractivity contribution in [1.29, 1.82) is 0 Å². The van der Waals surface area contributed by atoms with Crippen LogP contribution in [0.1, 0.15) is 158 Å². The van der Waals surface area contributed by atoms with Crippen LogP contribution < -0.4 is 0 Å². The number of allylic oxidation sites excluding steroid dienone is 1. The maximum Gasteiger partial charge on any atom is 0.306 e. The van der Waals surface area contributed by atoms with Crippen LogP contribution in [0.4, 0.5) is 0 Å². The summed E-state index contributed by atoms with van der Waals surface area (Å²) in [7, 11) is 0. The van der Waals surface area contributed by atoms with Crippen LogP contribution in [0, 0.1) is 52.3 Å². The molecule has 0 aromatic rings. The van der Waals surface area contributed by atoms with Crippen LogP contribution in [0.25, 0.3) is 0 Å². The minimum absolute atomic E-state index is 0. The Morgan fingerprint density at radius 2 is 1.65 bits per heavy atom. The van der Waals surface area contributed by atoms with Gasteiger partial charge in [-0.3, -0.25) is 9.59 Å². The van der Waals surface area contributed by atoms with Crippen molar-refractivity contribution in [3.05, 3.63) is 11.6 Å². The number of ether oxygens (including phenoxy) is 1. The fourth-order valence-corrected chi connectivity index (χ4v) is 11.7. The fourth-order valence-electron chi connectivity index (χ4n) is 11.7. The van der Waals surface area contributed by atoms with E-state index in [1.807, 2.05) is 0 Å². The monoisotopic (exact) mass is 760 g/mol. The van der Waals surface area contributed by atoms with Crippen LogP contribution >= 0.6 is 0 Å². The van der Waals surface area contributed by atoms with Crippen LogP contribution in [0.3, 0.4) is 0 Å². The van der Waals surface area contributed by atoms with Gasteiger partial charge in [0.25, 0.3) is 0 Å². The van der Waals surface area contributed by atoms with Crippen LogP contribution in [0.2, 0.25) is 0 Å². The van der Waals surface area contributed by atoms with Crippen LogP contribution in [-0.4, -0.2) is 58.9 Å². The van der Waals surface area contributed by atoms with Crippen molar-refractivity contribution in [2.24, 2.45) is 52.3 Å². The van der Waals surface area contributed by atoms with E-state index in [1.54, 1.807) is 10.5 Å². The molecule has 6 nitrogen and oxygen atoms in total. The first kappa shape index (κ1) is 43.1. The first-order valence-electron chi connectivity index (χ1n) is 19.9. The van der Waals surface area contributed by atoms with Crippen molar-refractivity contribution in [2.45, 2.75) is 170 Å². The predicted octanol–water partition coefficient (Wildman–Crippen LogP) is 9.12. The van der Waals surface area contributed by atoms with Crippen molar-refractivity contribution in [2.75, 3.05) is 19.8 Å². The summed E-state index contributed by atoms with van der Waals surface area (Å²) in [5, 5.41) is 19.0. The Labute approximate surface area is 325 Å². The van der Waals surface area contributed by atoms with Crippen molar-refractivity contribution in [3.63, 3.8) is 0 Å². The smallest absolute Gasteiger partial charge is 0.306 e. The van der Waals surface area contributed by atoms with Crippen molar-refractivity contribution in [1.82, 2.24) is 4.90 Å². The number of carbonyl (C=O) groups is 2. The van der Waals surface area contributed by atoms with E-state index in [1.165, 1.54) is 51.4 Å². The topological polar surface area (TPSA) is 87.1 Å². The van der Waals surface area contributed by atoms with Crippen molar-refractivity contribution >= 4 is 11.9 Å². The van der Waals surface area contributed by atoms with E-state index >= 15 is 0 Å². The molecule has 1 heterocycles. The van der Waals surface area contributed by atoms with Crippen LogP contribution in [0.5, 0.6) is 0 Å². The molecule has 279 valence electrons. The number of esters is 1. The summed E-state index contributed by atoms with van der Waals surface area (Å²) in [5.74, 6) is 5.14. The summed E-state index contributed by atoms with van der Waals surface area (Å²) in [6, 6.07) is -0.158. The van der Waals surface area contributed by atoms with E-state index in [9.17, 15) is 19.8 Å². The SMILES string of the molecule is C.CC(C)CCC[C@@H](C)[C@H]1CCC2C3CC=C4C[C@@H](OC(=O)CCCCCCC(=O)N5C[C@H](CO)C[C@H]5CO)CC[C@]4(C)C3CC[C@@]21C.[Y]. The fraction of sp³-hybridized carbons (Fsp3) is 0.905. The number of aliphatic hydroxyl groups excluding tert-OH is 2. The molecule has 3 unspecified atom stereocenters. The Morgan fingerprint density at radius 3 is 2.35 bits per heavy atom. The van der Waals surface area contributed by atoms with Gasteiger partial charge in [0.1, 0.15) is 6.10 Å². The molecule has 5 rings (SSSR count). The number of nitrogens with zero attached hydrogens (tertiary/aromatic N) is 1. The second kappa shape index (κ2) is 19.2. The summed E-state index contributed by atoms with van der Waals surface area (Å²) in [6.45, 7) is 13.1. The number of carbonyl (C=O) groups excluding carboxylic acids is 2. The van der Waals surface area contributed by atoms with Crippen LogP contribution in [0.15, 0.2) is 11.6 Å². The molecule has 3 saturated carbocycles. The second-order valence-corrected chi connectivity index (χ2v) is 17.7. The molecule has 5 aliphatic rings. The van der Waals surface area contributed by atoms with Gasteiger partial charge in [0.05, 0.1) is 12.6 Å². The molecule has 0 bridgehead atoms. The van der Waals surface area contributed by atoms with Gasteiger partial charge in [-0.15, -0.1) is 0 Å². The number of fused-ring (bicyclic) bond motifs is 5. The van der Waals surface area contributed by atoms with Gasteiger partial charge in [-0.2, -0.15) is 0 Å². The van der Waals surface area contributed by atoms with E-state index in [-0.39, 0.29) is 88.7 Å². The van der Waals surface area contributed by atoms with Crippen molar-refractivity contribution in [3.8, 4) is 0 Å². The molecule has 4 aliphatic carbocycles. The first-order valence-corrected chi connectivity index (χ1v) is 19.9. The summed E-state index contributed by atoms with van der Waals surface area (Å²) in [5.41, 5.74) is 2.37. The molecule has 1 radical (unpaired) electrons. The van der Waals surface area contributed by atoms with E-state index in [4.69, 9.17) is 4.74 Å². The molecule has 2 N–H and O–H groups in total. The van der Waals surface area contributed by atoms with E-state index in [2.05, 4.69) is 40.7 Å². The average Bonchev–Trinajstić information content (AvgIpc) is 3.63. The number of unbranched alkanes of at least 4 members (excludes halogenated alkanes) is 3. The number of rotatable bonds is 15. The predicted molar refractivity (Wildman–Crippen MR) is 195 cm³/mol. The largest absolute Gasteiger partial charge is 0.462 e. The second-order valence-electron chi connectivity index (χ2n) is 17.7. The van der Waals surface area contributed by atoms with Gasteiger partial charge in [0.2, 0.25) is 5.91 Å². The number of hydrogen-bond donors (Lipinski definition) is 2. The molecule has 10 atom stereocenters. The van der Waals surface area contributed by atoms with Gasteiger partial charge in [-0.1, -0.05) is 85.8 Å². The van der Waals surface area contributed by atoms with E-state index in [0.29, 0.717) is 31.2 Å². The Hall–Kier alpha value is -0.296. The Kier molecular flexibility index (Phi) is 16.9. The third kappa shape index (κ3) is 9.83. The van der Waals surface area contributed by atoms with Gasteiger partial charge in [0, 0.05) is 71.0 Å². The third-order valence-electron chi connectivity index (χ3n) is 14.4. The maximum atomic E-state index is 12.8. The Bertz CT molecular complexity index is 1090. The summed E-state index contributed by atoms with van der Waals surface area (Å²) < 4.78 is 6.07. The average molecular weight is 761 g/mol. The summed E-state index contributed by atoms with van der Waals surface area (Å²) in [4.78, 5) is 27.2. The standard InChI is InChI=1S/C41H69NO5.CH4.Y/c1-28(2)11-10-12-29(3)35-17-18-36-34-16-15-31-24-33(19-21-40(31,4)37(34)20-22-41(35,36)5)47-39(46)14-9-7-6-8-13-38(45)42-25-30(26-43)23-32(42)27-44;;/h15,28-30,32-37,43-44H,6-14,16-27H2,1-5H3;1H4;/t29-,30-,32+,33+,34?,35-,36?,37?,40+,41-;;/m1../s1. The number of amides is 1. The molecule has 1 aliphatic heterocycles. The van der Waals surface area contributed by atoms with Gasteiger partial charge in [0.15, 0.2) is 0 Å². The molecule has 4 fully saturated rings. The van der Waals surface area contributed by atoms with E-state index < -0.39 is 0 Å². The Morgan fingerprint density at radius 1 is 0.918 bits per heavy atom. The minimum Gasteiger partial charge on any atom is -0.462 e. The quantitative estimate of drug-likeness (QED) is 0.0989. The van der Waals surface area contributed by atoms with Crippen molar-refractivity contribution < 1.29 is 57.2 Å². The molecular formula is C42H73NO5Y.